The second-order valence-electron chi connectivity index (χ2n) is 6.50. The highest BCUT2D eigenvalue weighted by Gasteiger charge is 2.45. The lowest BCUT2D eigenvalue weighted by molar-refractivity contribution is -0.129. The molecular weight excluding hydrogens is 282 g/mol. The number of nitrogens with one attached hydrogen (secondary N) is 1. The molecule has 1 saturated carbocycles. The smallest absolute Gasteiger partial charge is 0.230 e. The first-order valence-corrected chi connectivity index (χ1v) is 8.69. The maximum absolute atomic E-state index is 12.7. The Balaban J connectivity index is 1.46. The van der Waals surface area contributed by atoms with Crippen LogP contribution in [-0.2, 0) is 16.6 Å². The third-order valence-electron chi connectivity index (χ3n) is 4.99. The first kappa shape index (κ1) is 15.8. The average Bonchev–Trinajstić information content (AvgIpc) is 2.55. The third kappa shape index (κ3) is 3.64. The monoisotopic (exact) mass is 307 g/mol. The predicted octanol–water partition coefficient (Wildman–Crippen LogP) is 4.25. The van der Waals surface area contributed by atoms with E-state index in [1.165, 1.54) is 11.1 Å². The quantitative estimate of drug-likeness (QED) is 0.761. The van der Waals surface area contributed by atoms with Crippen molar-refractivity contribution in [2.24, 2.45) is 0 Å². The highest BCUT2D eigenvalue weighted by Crippen LogP contribution is 2.43. The maximum atomic E-state index is 12.7. The summed E-state index contributed by atoms with van der Waals surface area (Å²) >= 11 is 0. The van der Waals surface area contributed by atoms with Crippen LogP contribution in [0.15, 0.2) is 60.7 Å². The van der Waals surface area contributed by atoms with E-state index in [0.717, 1.165) is 45.1 Å². The number of unbranched alkanes of at least 4 members (excludes halogenated alkanes) is 1. The van der Waals surface area contributed by atoms with Gasteiger partial charge in [0, 0.05) is 6.54 Å². The van der Waals surface area contributed by atoms with Crippen molar-refractivity contribution in [2.45, 2.75) is 43.9 Å². The molecule has 2 heteroatoms. The number of carbonyl (C=O) groups is 1. The van der Waals surface area contributed by atoms with Gasteiger partial charge >= 0.3 is 0 Å². The molecular formula is C21H25NO. The molecule has 2 nitrogen and oxygen atoms in total. The van der Waals surface area contributed by atoms with Gasteiger partial charge in [0.15, 0.2) is 0 Å². The molecule has 0 aromatic heterocycles. The molecule has 120 valence electrons. The number of hydrogen-bond acceptors (Lipinski definition) is 1. The van der Waals surface area contributed by atoms with Gasteiger partial charge in [-0.1, -0.05) is 67.1 Å². The standard InChI is InChI=1S/C21H25NO/c23-20(21(15-9-16-21)19-13-5-2-6-14-19)22-17-8-7-12-18-10-3-1-4-11-18/h1-6,10-11,13-14H,7-9,12,15-17H2,(H,22,23). The second kappa shape index (κ2) is 7.45. The van der Waals surface area contributed by atoms with Gasteiger partial charge in [0.25, 0.3) is 0 Å². The van der Waals surface area contributed by atoms with Crippen molar-refractivity contribution in [3.8, 4) is 0 Å². The summed E-state index contributed by atoms with van der Waals surface area (Å²) in [5, 5.41) is 3.17. The molecule has 3 rings (SSSR count). The maximum Gasteiger partial charge on any atom is 0.230 e. The molecule has 1 N–H and O–H groups in total. The minimum Gasteiger partial charge on any atom is -0.355 e. The molecule has 0 bridgehead atoms. The molecule has 0 spiro atoms. The van der Waals surface area contributed by atoms with Crippen LogP contribution < -0.4 is 5.32 Å². The summed E-state index contributed by atoms with van der Waals surface area (Å²) in [6, 6.07) is 20.8. The number of aryl methyl sites for hydroxylation is 1. The van der Waals surface area contributed by atoms with Crippen molar-refractivity contribution in [1.29, 1.82) is 0 Å². The molecule has 0 radical (unpaired) electrons. The lowest BCUT2D eigenvalue weighted by Gasteiger charge is -2.40. The number of benzene rings is 2. The van der Waals surface area contributed by atoms with Gasteiger partial charge < -0.3 is 5.32 Å². The summed E-state index contributed by atoms with van der Waals surface area (Å²) in [6.07, 6.45) is 6.34. The van der Waals surface area contributed by atoms with Crippen LogP contribution in [0.5, 0.6) is 0 Å². The SMILES string of the molecule is O=C(NCCCCc1ccccc1)C1(c2ccccc2)CCC1. The van der Waals surface area contributed by atoms with E-state index in [1.54, 1.807) is 0 Å². The van der Waals surface area contributed by atoms with Crippen molar-refractivity contribution >= 4 is 5.91 Å². The van der Waals surface area contributed by atoms with Crippen LogP contribution in [-0.4, -0.2) is 12.5 Å². The minimum atomic E-state index is -0.263. The molecule has 1 fully saturated rings. The Morgan fingerprint density at radius 2 is 1.57 bits per heavy atom. The molecule has 0 atom stereocenters. The molecule has 1 aliphatic rings. The molecule has 2 aromatic rings. The van der Waals surface area contributed by atoms with Gasteiger partial charge in [-0.05, 0) is 43.2 Å². The Hall–Kier alpha value is -2.09. The first-order valence-electron chi connectivity index (χ1n) is 8.69. The molecule has 0 saturated heterocycles. The van der Waals surface area contributed by atoms with Gasteiger partial charge in [-0.3, -0.25) is 4.79 Å². The van der Waals surface area contributed by atoms with E-state index < -0.39 is 0 Å². The summed E-state index contributed by atoms with van der Waals surface area (Å²) in [4.78, 5) is 12.7. The van der Waals surface area contributed by atoms with E-state index in [4.69, 9.17) is 0 Å². The molecule has 1 aliphatic carbocycles. The normalized spacial score (nSPS) is 15.7. The zero-order chi connectivity index (χ0) is 16.0. The van der Waals surface area contributed by atoms with E-state index in [-0.39, 0.29) is 11.3 Å². The van der Waals surface area contributed by atoms with Gasteiger partial charge in [0.05, 0.1) is 5.41 Å². The van der Waals surface area contributed by atoms with Gasteiger partial charge in [0.1, 0.15) is 0 Å². The second-order valence-corrected chi connectivity index (χ2v) is 6.50. The fourth-order valence-corrected chi connectivity index (χ4v) is 3.40. The van der Waals surface area contributed by atoms with Crippen molar-refractivity contribution in [1.82, 2.24) is 5.32 Å². The topological polar surface area (TPSA) is 29.1 Å². The predicted molar refractivity (Wildman–Crippen MR) is 94.4 cm³/mol. The highest BCUT2D eigenvalue weighted by atomic mass is 16.2. The Labute approximate surface area is 138 Å². The fraction of sp³-hybridized carbons (Fsp3) is 0.381. The van der Waals surface area contributed by atoms with Crippen molar-refractivity contribution in [3.05, 3.63) is 71.8 Å². The van der Waals surface area contributed by atoms with E-state index in [9.17, 15) is 4.79 Å². The Bertz CT molecular complexity index is 617. The minimum absolute atomic E-state index is 0.217. The van der Waals surface area contributed by atoms with E-state index in [0.29, 0.717) is 0 Å². The first-order chi connectivity index (χ1) is 11.3. The molecule has 23 heavy (non-hydrogen) atoms. The van der Waals surface area contributed by atoms with E-state index in [1.807, 2.05) is 24.3 Å². The molecule has 0 unspecified atom stereocenters. The van der Waals surface area contributed by atoms with Crippen LogP contribution >= 0.6 is 0 Å². The van der Waals surface area contributed by atoms with Gasteiger partial charge in [0.2, 0.25) is 5.91 Å². The zero-order valence-corrected chi connectivity index (χ0v) is 13.6. The largest absolute Gasteiger partial charge is 0.355 e. The summed E-state index contributed by atoms with van der Waals surface area (Å²) < 4.78 is 0. The lowest BCUT2D eigenvalue weighted by atomic mass is 9.64. The number of hydrogen-bond donors (Lipinski definition) is 1. The zero-order valence-electron chi connectivity index (χ0n) is 13.6. The average molecular weight is 307 g/mol. The van der Waals surface area contributed by atoms with Crippen LogP contribution in [0.2, 0.25) is 0 Å². The highest BCUT2D eigenvalue weighted by molar-refractivity contribution is 5.89. The van der Waals surface area contributed by atoms with Crippen molar-refractivity contribution in [2.75, 3.05) is 6.54 Å². The number of carbonyl (C=O) groups excluding carboxylic acids is 1. The van der Waals surface area contributed by atoms with Gasteiger partial charge in [-0.15, -0.1) is 0 Å². The Morgan fingerprint density at radius 1 is 0.913 bits per heavy atom. The summed E-state index contributed by atoms with van der Waals surface area (Å²) in [6.45, 7) is 0.778. The Kier molecular flexibility index (Phi) is 5.12. The van der Waals surface area contributed by atoms with Crippen LogP contribution in [0.1, 0.15) is 43.2 Å². The third-order valence-corrected chi connectivity index (χ3v) is 4.99. The molecule has 2 aromatic carbocycles. The molecule has 0 heterocycles. The van der Waals surface area contributed by atoms with Gasteiger partial charge in [-0.25, -0.2) is 0 Å². The van der Waals surface area contributed by atoms with Crippen LogP contribution in [0.4, 0.5) is 0 Å². The van der Waals surface area contributed by atoms with Crippen LogP contribution in [0, 0.1) is 0 Å². The summed E-state index contributed by atoms with van der Waals surface area (Å²) in [7, 11) is 0. The van der Waals surface area contributed by atoms with Crippen molar-refractivity contribution in [3.63, 3.8) is 0 Å². The van der Waals surface area contributed by atoms with E-state index in [2.05, 4.69) is 41.7 Å². The van der Waals surface area contributed by atoms with Crippen molar-refractivity contribution < 1.29 is 4.79 Å². The van der Waals surface area contributed by atoms with Crippen LogP contribution in [0.3, 0.4) is 0 Å². The number of amides is 1. The lowest BCUT2D eigenvalue weighted by Crippen LogP contribution is -2.49. The Morgan fingerprint density at radius 3 is 2.17 bits per heavy atom. The molecule has 0 aliphatic heterocycles. The van der Waals surface area contributed by atoms with Crippen LogP contribution in [0.25, 0.3) is 0 Å². The number of rotatable bonds is 7. The van der Waals surface area contributed by atoms with Gasteiger partial charge in [-0.2, -0.15) is 0 Å². The summed E-state index contributed by atoms with van der Waals surface area (Å²) in [5.74, 6) is 0.217. The molecule has 1 amide bonds. The summed E-state index contributed by atoms with van der Waals surface area (Å²) in [5.41, 5.74) is 2.28. The fourth-order valence-electron chi connectivity index (χ4n) is 3.40. The van der Waals surface area contributed by atoms with E-state index >= 15 is 0 Å².